The normalized spacial score (nSPS) is 10.9. The minimum Gasteiger partial charge on any atom is -0.338 e. The van der Waals surface area contributed by atoms with E-state index in [1.54, 1.807) is 6.20 Å². The van der Waals surface area contributed by atoms with E-state index >= 15 is 0 Å². The molecule has 0 aliphatic carbocycles. The fourth-order valence-electron chi connectivity index (χ4n) is 2.91. The van der Waals surface area contributed by atoms with Gasteiger partial charge in [-0.3, -0.25) is 10.00 Å². The second kappa shape index (κ2) is 7.33. The Kier molecular flexibility index (Phi) is 4.57. The highest BCUT2D eigenvalue weighted by molar-refractivity contribution is 5.88. The third-order valence-corrected chi connectivity index (χ3v) is 4.19. The van der Waals surface area contributed by atoms with Gasteiger partial charge in [0.15, 0.2) is 5.82 Å². The van der Waals surface area contributed by atoms with Crippen molar-refractivity contribution in [1.29, 1.82) is 0 Å². The molecule has 7 heteroatoms. The fourth-order valence-corrected chi connectivity index (χ4v) is 2.91. The van der Waals surface area contributed by atoms with Crippen LogP contribution in [0.15, 0.2) is 67.3 Å². The topological polar surface area (TPSA) is 76.2 Å². The Morgan fingerprint density at radius 2 is 1.96 bits per heavy atom. The van der Waals surface area contributed by atoms with Crippen molar-refractivity contribution in [3.8, 4) is 11.1 Å². The number of aromatic nitrogens is 4. The Bertz CT molecular complexity index is 1070. The molecule has 0 saturated heterocycles. The minimum absolute atomic E-state index is 0.261. The molecule has 0 fully saturated rings. The van der Waals surface area contributed by atoms with Gasteiger partial charge in [0.1, 0.15) is 5.65 Å². The number of amides is 2. The molecular formula is C20H20N6O. The molecule has 7 nitrogen and oxygen atoms in total. The summed E-state index contributed by atoms with van der Waals surface area (Å²) < 4.78 is 3.79. The Morgan fingerprint density at radius 1 is 1.11 bits per heavy atom. The second-order valence-electron chi connectivity index (χ2n) is 6.20. The standard InChI is InChI=1S/C20H20N6O/c1-2-21-20(27)24-18-14-25-9-8-16(10-19(25)23-18)17-11-22-26(13-17)12-15-6-4-3-5-7-15/h3-11,13-14H,2,12H2,1H3,(H2,21,24,27). The van der Waals surface area contributed by atoms with Crippen molar-refractivity contribution < 1.29 is 4.79 Å². The number of pyridine rings is 1. The number of anilines is 1. The lowest BCUT2D eigenvalue weighted by Crippen LogP contribution is -2.28. The molecule has 0 unspecified atom stereocenters. The van der Waals surface area contributed by atoms with Crippen LogP contribution in [0.1, 0.15) is 12.5 Å². The number of nitrogens with one attached hydrogen (secondary N) is 2. The van der Waals surface area contributed by atoms with Crippen LogP contribution in [0.5, 0.6) is 0 Å². The predicted molar refractivity (Wildman–Crippen MR) is 105 cm³/mol. The fraction of sp³-hybridized carbons (Fsp3) is 0.150. The van der Waals surface area contributed by atoms with Crippen molar-refractivity contribution in [3.05, 3.63) is 72.8 Å². The van der Waals surface area contributed by atoms with Gasteiger partial charge >= 0.3 is 6.03 Å². The Hall–Kier alpha value is -3.61. The molecular weight excluding hydrogens is 340 g/mol. The van der Waals surface area contributed by atoms with E-state index in [-0.39, 0.29) is 6.03 Å². The van der Waals surface area contributed by atoms with E-state index in [0.717, 1.165) is 23.3 Å². The maximum absolute atomic E-state index is 11.6. The Morgan fingerprint density at radius 3 is 2.78 bits per heavy atom. The third-order valence-electron chi connectivity index (χ3n) is 4.19. The highest BCUT2D eigenvalue weighted by atomic mass is 16.2. The summed E-state index contributed by atoms with van der Waals surface area (Å²) in [6.45, 7) is 3.16. The zero-order valence-corrected chi connectivity index (χ0v) is 15.0. The first-order valence-corrected chi connectivity index (χ1v) is 8.81. The molecule has 1 aromatic carbocycles. The lowest BCUT2D eigenvalue weighted by atomic mass is 10.1. The number of carbonyl (C=O) groups is 1. The Labute approximate surface area is 156 Å². The zero-order chi connectivity index (χ0) is 18.6. The molecule has 0 aliphatic rings. The van der Waals surface area contributed by atoms with E-state index in [9.17, 15) is 4.79 Å². The lowest BCUT2D eigenvalue weighted by molar-refractivity contribution is 0.252. The molecule has 4 rings (SSSR count). The molecule has 3 aromatic heterocycles. The largest absolute Gasteiger partial charge is 0.338 e. The average Bonchev–Trinajstić information content (AvgIpc) is 3.28. The molecule has 2 N–H and O–H groups in total. The maximum atomic E-state index is 11.6. The monoisotopic (exact) mass is 360 g/mol. The SMILES string of the molecule is CCNC(=O)Nc1cn2ccc(-c3cnn(Cc4ccccc4)c3)cc2n1. The average molecular weight is 360 g/mol. The lowest BCUT2D eigenvalue weighted by Gasteiger charge is -2.01. The number of benzene rings is 1. The molecule has 0 spiro atoms. The van der Waals surface area contributed by atoms with Crippen molar-refractivity contribution >= 4 is 17.5 Å². The summed E-state index contributed by atoms with van der Waals surface area (Å²) in [5.74, 6) is 0.512. The van der Waals surface area contributed by atoms with Crippen molar-refractivity contribution in [2.75, 3.05) is 11.9 Å². The van der Waals surface area contributed by atoms with E-state index in [1.807, 2.05) is 64.9 Å². The van der Waals surface area contributed by atoms with Gasteiger partial charge in [-0.1, -0.05) is 30.3 Å². The van der Waals surface area contributed by atoms with E-state index in [4.69, 9.17) is 0 Å². The van der Waals surface area contributed by atoms with Gasteiger partial charge in [-0.2, -0.15) is 5.10 Å². The van der Waals surface area contributed by atoms with Gasteiger partial charge in [0.2, 0.25) is 0 Å². The molecule has 0 saturated carbocycles. The van der Waals surface area contributed by atoms with Crippen molar-refractivity contribution in [3.63, 3.8) is 0 Å². The number of hydrogen-bond acceptors (Lipinski definition) is 3. The van der Waals surface area contributed by atoms with E-state index in [2.05, 4.69) is 32.8 Å². The van der Waals surface area contributed by atoms with E-state index in [0.29, 0.717) is 12.4 Å². The second-order valence-corrected chi connectivity index (χ2v) is 6.20. The van der Waals surface area contributed by atoms with Crippen LogP contribution in [0.2, 0.25) is 0 Å². The number of carbonyl (C=O) groups excluding carboxylic acids is 1. The van der Waals surface area contributed by atoms with Gasteiger partial charge in [0.25, 0.3) is 0 Å². The number of imidazole rings is 1. The maximum Gasteiger partial charge on any atom is 0.320 e. The zero-order valence-electron chi connectivity index (χ0n) is 15.0. The van der Waals surface area contributed by atoms with Gasteiger partial charge in [0.05, 0.1) is 18.9 Å². The molecule has 136 valence electrons. The smallest absolute Gasteiger partial charge is 0.320 e. The third kappa shape index (κ3) is 3.82. The summed E-state index contributed by atoms with van der Waals surface area (Å²) in [6.07, 6.45) is 7.59. The number of fused-ring (bicyclic) bond motifs is 1. The van der Waals surface area contributed by atoms with Gasteiger partial charge < -0.3 is 9.72 Å². The summed E-state index contributed by atoms with van der Waals surface area (Å²) in [7, 11) is 0. The summed E-state index contributed by atoms with van der Waals surface area (Å²) in [5.41, 5.74) is 4.01. The number of nitrogens with zero attached hydrogens (tertiary/aromatic N) is 4. The first-order valence-electron chi connectivity index (χ1n) is 8.81. The van der Waals surface area contributed by atoms with Crippen LogP contribution in [-0.2, 0) is 6.54 Å². The Balaban J connectivity index is 1.54. The molecule has 0 atom stereocenters. The van der Waals surface area contributed by atoms with Crippen molar-refractivity contribution in [1.82, 2.24) is 24.5 Å². The van der Waals surface area contributed by atoms with Crippen LogP contribution in [0, 0.1) is 0 Å². The van der Waals surface area contributed by atoms with Crippen LogP contribution in [0.3, 0.4) is 0 Å². The van der Waals surface area contributed by atoms with Crippen LogP contribution < -0.4 is 10.6 Å². The number of urea groups is 1. The van der Waals surface area contributed by atoms with Crippen LogP contribution >= 0.6 is 0 Å². The molecule has 2 amide bonds. The first kappa shape index (κ1) is 16.8. The summed E-state index contributed by atoms with van der Waals surface area (Å²) in [5, 5.41) is 9.87. The van der Waals surface area contributed by atoms with Gasteiger partial charge in [0, 0.05) is 24.5 Å². The first-order chi connectivity index (χ1) is 13.2. The summed E-state index contributed by atoms with van der Waals surface area (Å²) >= 11 is 0. The predicted octanol–water partition coefficient (Wildman–Crippen LogP) is 3.39. The number of rotatable bonds is 5. The molecule has 3 heterocycles. The number of hydrogen-bond donors (Lipinski definition) is 2. The van der Waals surface area contributed by atoms with Crippen LogP contribution in [0.25, 0.3) is 16.8 Å². The van der Waals surface area contributed by atoms with Crippen molar-refractivity contribution in [2.45, 2.75) is 13.5 Å². The van der Waals surface area contributed by atoms with Gasteiger partial charge in [-0.25, -0.2) is 9.78 Å². The van der Waals surface area contributed by atoms with Gasteiger partial charge in [-0.05, 0) is 30.2 Å². The van der Waals surface area contributed by atoms with E-state index < -0.39 is 0 Å². The van der Waals surface area contributed by atoms with Gasteiger partial charge in [-0.15, -0.1) is 0 Å². The minimum atomic E-state index is -0.261. The molecule has 27 heavy (non-hydrogen) atoms. The molecule has 4 aromatic rings. The molecule has 0 bridgehead atoms. The van der Waals surface area contributed by atoms with Crippen molar-refractivity contribution in [2.24, 2.45) is 0 Å². The quantitative estimate of drug-likeness (QED) is 0.573. The van der Waals surface area contributed by atoms with Crippen LogP contribution in [-0.4, -0.2) is 31.7 Å². The highest BCUT2D eigenvalue weighted by Crippen LogP contribution is 2.21. The summed E-state index contributed by atoms with van der Waals surface area (Å²) in [6, 6.07) is 14.0. The molecule has 0 radical (unpaired) electrons. The summed E-state index contributed by atoms with van der Waals surface area (Å²) in [4.78, 5) is 16.1. The van der Waals surface area contributed by atoms with Crippen LogP contribution in [0.4, 0.5) is 10.6 Å². The molecule has 0 aliphatic heterocycles. The highest BCUT2D eigenvalue weighted by Gasteiger charge is 2.08. The van der Waals surface area contributed by atoms with E-state index in [1.165, 1.54) is 5.56 Å².